The monoisotopic (exact) mass is 316 g/mol. The van der Waals surface area contributed by atoms with E-state index in [-0.39, 0.29) is 0 Å². The fourth-order valence-corrected chi connectivity index (χ4v) is 2.89. The number of esters is 1. The van der Waals surface area contributed by atoms with E-state index in [0.29, 0.717) is 6.61 Å². The van der Waals surface area contributed by atoms with E-state index < -0.39 is 17.0 Å². The van der Waals surface area contributed by atoms with E-state index in [1.165, 1.54) is 6.08 Å². The van der Waals surface area contributed by atoms with Crippen LogP contribution in [0, 0.1) is 0 Å². The van der Waals surface area contributed by atoms with Crippen molar-refractivity contribution < 1.29 is 14.7 Å². The summed E-state index contributed by atoms with van der Waals surface area (Å²) in [5.41, 5.74) is -0.501. The summed E-state index contributed by atoms with van der Waals surface area (Å²) < 4.78 is 5.63. The Morgan fingerprint density at radius 2 is 1.89 bits per heavy atom. The number of carbonyl (C=O) groups is 1. The van der Waals surface area contributed by atoms with Gasteiger partial charge in [-0.1, -0.05) is 15.9 Å². The van der Waals surface area contributed by atoms with E-state index in [1.54, 1.807) is 13.0 Å². The molecule has 0 N–H and O–H groups in total. The predicted molar refractivity (Wildman–Crippen MR) is 72.4 cm³/mol. The second-order valence-corrected chi connectivity index (χ2v) is 6.02. The molecule has 0 fully saturated rings. The molecule has 1 radical (unpaired) electrons. The molecule has 101 valence electrons. The van der Waals surface area contributed by atoms with Crippen LogP contribution in [0.15, 0.2) is 22.2 Å². The number of halogens is 1. The van der Waals surface area contributed by atoms with E-state index in [2.05, 4.69) is 15.9 Å². The summed E-state index contributed by atoms with van der Waals surface area (Å²) >= 11 is 3.47. The minimum atomic E-state index is -0.675. The van der Waals surface area contributed by atoms with Crippen molar-refractivity contribution in [1.82, 2.24) is 5.06 Å². The Labute approximate surface area is 116 Å². The molecule has 0 amide bonds. The van der Waals surface area contributed by atoms with Gasteiger partial charge in [0.05, 0.1) is 17.7 Å². The van der Waals surface area contributed by atoms with Crippen molar-refractivity contribution in [2.75, 3.05) is 6.61 Å². The quantitative estimate of drug-likeness (QED) is 0.594. The topological polar surface area (TPSA) is 49.4 Å². The molecule has 0 saturated carbocycles. The maximum absolute atomic E-state index is 12.2. The van der Waals surface area contributed by atoms with Crippen molar-refractivity contribution in [3.8, 4) is 0 Å². The molecule has 0 unspecified atom stereocenters. The van der Waals surface area contributed by atoms with Crippen molar-refractivity contribution in [2.45, 2.75) is 45.7 Å². The third kappa shape index (κ3) is 2.53. The summed E-state index contributed by atoms with van der Waals surface area (Å²) in [6.45, 7) is 9.45. The Kier molecular flexibility index (Phi) is 4.41. The Morgan fingerprint density at radius 1 is 1.33 bits per heavy atom. The molecule has 1 heterocycles. The molecule has 1 rings (SSSR count). The van der Waals surface area contributed by atoms with Gasteiger partial charge in [-0.3, -0.25) is 0 Å². The summed E-state index contributed by atoms with van der Waals surface area (Å²) in [5, 5.41) is 13.3. The van der Waals surface area contributed by atoms with Gasteiger partial charge in [-0.15, -0.1) is 10.3 Å². The normalized spacial score (nSPS) is 22.8. The van der Waals surface area contributed by atoms with Gasteiger partial charge < -0.3 is 4.74 Å². The summed E-state index contributed by atoms with van der Waals surface area (Å²) in [5.74, 6) is -0.400. The predicted octanol–water partition coefficient (Wildman–Crippen LogP) is 2.97. The van der Waals surface area contributed by atoms with Gasteiger partial charge in [0.15, 0.2) is 0 Å². The van der Waals surface area contributed by atoms with Crippen LogP contribution in [-0.2, 0) is 14.7 Å². The molecule has 4 nitrogen and oxygen atoms in total. The molecule has 0 aromatic carbocycles. The van der Waals surface area contributed by atoms with Crippen LogP contribution in [0.25, 0.3) is 0 Å². The zero-order chi connectivity index (χ0) is 14.1. The first-order valence-corrected chi connectivity index (χ1v) is 6.68. The second kappa shape index (κ2) is 5.15. The first-order chi connectivity index (χ1) is 8.15. The second-order valence-electron chi connectivity index (χ2n) is 5.23. The Hall–Kier alpha value is -0.650. The number of rotatable bonds is 3. The third-order valence-electron chi connectivity index (χ3n) is 3.12. The van der Waals surface area contributed by atoms with Crippen molar-refractivity contribution in [1.29, 1.82) is 0 Å². The zero-order valence-corrected chi connectivity index (χ0v) is 13.0. The van der Waals surface area contributed by atoms with Crippen molar-refractivity contribution in [2.24, 2.45) is 0 Å². The van der Waals surface area contributed by atoms with Gasteiger partial charge in [0, 0.05) is 10.6 Å². The van der Waals surface area contributed by atoms with Crippen molar-refractivity contribution >= 4 is 21.9 Å². The van der Waals surface area contributed by atoms with E-state index in [4.69, 9.17) is 4.74 Å². The maximum atomic E-state index is 12.2. The average Bonchev–Trinajstić information content (AvgIpc) is 2.37. The molecular weight excluding hydrogens is 298 g/mol. The number of hydrogen-bond donors (Lipinski definition) is 0. The maximum Gasteiger partial charge on any atom is 0.330 e. The van der Waals surface area contributed by atoms with E-state index in [9.17, 15) is 10.0 Å². The van der Waals surface area contributed by atoms with Crippen molar-refractivity contribution in [3.05, 3.63) is 22.2 Å². The van der Waals surface area contributed by atoms with Crippen LogP contribution in [0.2, 0.25) is 0 Å². The van der Waals surface area contributed by atoms with Crippen molar-refractivity contribution in [3.63, 3.8) is 0 Å². The Morgan fingerprint density at radius 3 is 2.28 bits per heavy atom. The van der Waals surface area contributed by atoms with E-state index >= 15 is 0 Å². The molecule has 0 bridgehead atoms. The molecule has 0 aromatic rings. The highest BCUT2D eigenvalue weighted by atomic mass is 79.9. The minimum Gasteiger partial charge on any atom is -0.463 e. The molecule has 0 spiro atoms. The fraction of sp³-hybridized carbons (Fsp3) is 0.615. The lowest BCUT2D eigenvalue weighted by atomic mass is 9.96. The summed E-state index contributed by atoms with van der Waals surface area (Å²) in [7, 11) is 0. The summed E-state index contributed by atoms with van der Waals surface area (Å²) in [4.78, 5) is 11.3. The standard InChI is InChI=1S/C13H19BrNO3/c1-6-18-10(16)8-7-9-11(14)13(4,5)15(17)12(9,2)3/h7-8H,6H2,1-5H3/b8-7+. The van der Waals surface area contributed by atoms with Gasteiger partial charge in [0.1, 0.15) is 0 Å². The van der Waals surface area contributed by atoms with Gasteiger partial charge in [-0.05, 0) is 46.3 Å². The lowest BCUT2D eigenvalue weighted by Crippen LogP contribution is -2.47. The van der Waals surface area contributed by atoms with Gasteiger partial charge >= 0.3 is 5.97 Å². The van der Waals surface area contributed by atoms with Crippen LogP contribution >= 0.6 is 15.9 Å². The number of ether oxygens (including phenoxy) is 1. The average molecular weight is 317 g/mol. The highest BCUT2D eigenvalue weighted by Gasteiger charge is 2.50. The zero-order valence-electron chi connectivity index (χ0n) is 11.4. The lowest BCUT2D eigenvalue weighted by molar-refractivity contribution is -0.238. The molecule has 1 aliphatic rings. The van der Waals surface area contributed by atoms with Crippen LogP contribution in [-0.4, -0.2) is 28.7 Å². The van der Waals surface area contributed by atoms with E-state index in [0.717, 1.165) is 15.1 Å². The molecule has 0 atom stereocenters. The molecule has 18 heavy (non-hydrogen) atoms. The summed E-state index contributed by atoms with van der Waals surface area (Å²) in [6, 6.07) is 0. The molecular formula is C13H19BrNO3. The highest BCUT2D eigenvalue weighted by molar-refractivity contribution is 9.11. The smallest absolute Gasteiger partial charge is 0.330 e. The van der Waals surface area contributed by atoms with Gasteiger partial charge in [-0.25, -0.2) is 4.79 Å². The number of nitrogens with zero attached hydrogens (tertiary/aromatic N) is 1. The first-order valence-electron chi connectivity index (χ1n) is 5.88. The van der Waals surface area contributed by atoms with Crippen LogP contribution in [0.3, 0.4) is 0 Å². The van der Waals surface area contributed by atoms with Gasteiger partial charge in [-0.2, -0.15) is 0 Å². The Balaban J connectivity index is 3.07. The molecule has 0 aromatic heterocycles. The molecule has 0 saturated heterocycles. The van der Waals surface area contributed by atoms with Gasteiger partial charge in [0.2, 0.25) is 0 Å². The molecule has 1 aliphatic heterocycles. The fourth-order valence-electron chi connectivity index (χ4n) is 2.11. The van der Waals surface area contributed by atoms with E-state index in [1.807, 2.05) is 27.7 Å². The largest absolute Gasteiger partial charge is 0.463 e. The van der Waals surface area contributed by atoms with Crippen LogP contribution in [0.4, 0.5) is 0 Å². The van der Waals surface area contributed by atoms with Crippen LogP contribution < -0.4 is 0 Å². The third-order valence-corrected chi connectivity index (χ3v) is 4.52. The highest BCUT2D eigenvalue weighted by Crippen LogP contribution is 2.47. The number of hydroxylamine groups is 2. The van der Waals surface area contributed by atoms with Gasteiger partial charge in [0.25, 0.3) is 0 Å². The van der Waals surface area contributed by atoms with Crippen LogP contribution in [0.5, 0.6) is 0 Å². The minimum absolute atomic E-state index is 0.339. The molecule has 5 heteroatoms. The number of carbonyl (C=O) groups excluding carboxylic acids is 1. The van der Waals surface area contributed by atoms with Crippen LogP contribution in [0.1, 0.15) is 34.6 Å². The molecule has 0 aliphatic carbocycles. The first kappa shape index (κ1) is 15.4. The summed E-state index contributed by atoms with van der Waals surface area (Å²) in [6.07, 6.45) is 3.01. The number of hydrogen-bond acceptors (Lipinski definition) is 3. The Bertz CT molecular complexity index is 410. The SMILES string of the molecule is CCOC(=O)/C=C/C1=C(Br)C(C)(C)N([O])C1(C)C. The lowest BCUT2D eigenvalue weighted by Gasteiger charge is -2.33.